The van der Waals surface area contributed by atoms with Crippen LogP contribution < -0.4 is 0 Å². The van der Waals surface area contributed by atoms with E-state index in [0.717, 1.165) is 0 Å². The molecule has 1 aromatic carbocycles. The highest BCUT2D eigenvalue weighted by atomic mass is 79.9. The van der Waals surface area contributed by atoms with Gasteiger partial charge in [0.25, 0.3) is 0 Å². The molecule has 3 nitrogen and oxygen atoms in total. The zero-order valence-electron chi connectivity index (χ0n) is 7.79. The quantitative estimate of drug-likeness (QED) is 0.791. The number of hydrogen-bond donors (Lipinski definition) is 0. The molecule has 0 aliphatic rings. The van der Waals surface area contributed by atoms with Crippen LogP contribution in [-0.2, 0) is 5.88 Å². The zero-order valence-corrected chi connectivity index (χ0v) is 10.9. The minimum Gasteiger partial charge on any atom is -0.282 e. The van der Waals surface area contributed by atoms with Gasteiger partial charge in [-0.3, -0.25) is 4.57 Å². The Balaban J connectivity index is 2.64. The molecule has 0 spiro atoms. The van der Waals surface area contributed by atoms with Crippen molar-refractivity contribution in [1.82, 2.24) is 14.8 Å². The molecule has 0 saturated carbocycles. The van der Waals surface area contributed by atoms with Crippen molar-refractivity contribution in [3.05, 3.63) is 39.6 Å². The van der Waals surface area contributed by atoms with Crippen LogP contribution in [0.2, 0.25) is 5.02 Å². The highest BCUT2D eigenvalue weighted by Gasteiger charge is 2.13. The van der Waals surface area contributed by atoms with Gasteiger partial charge in [0.1, 0.15) is 12.1 Å². The minimum atomic E-state index is -0.416. The Hall–Kier alpha value is -0.650. The lowest BCUT2D eigenvalue weighted by molar-refractivity contribution is 0.626. The van der Waals surface area contributed by atoms with Gasteiger partial charge in [0.05, 0.1) is 16.6 Å². The molecule has 0 saturated heterocycles. The molecule has 0 fully saturated rings. The van der Waals surface area contributed by atoms with Crippen LogP contribution in [0.3, 0.4) is 0 Å². The van der Waals surface area contributed by atoms with E-state index in [1.165, 1.54) is 18.5 Å². The monoisotopic (exact) mass is 323 g/mol. The van der Waals surface area contributed by atoms with E-state index in [1.807, 2.05) is 0 Å². The summed E-state index contributed by atoms with van der Waals surface area (Å²) in [6.45, 7) is 0. The van der Waals surface area contributed by atoms with Crippen molar-refractivity contribution in [2.45, 2.75) is 5.88 Å². The maximum Gasteiger partial charge on any atom is 0.152 e. The van der Waals surface area contributed by atoms with Gasteiger partial charge in [-0.15, -0.1) is 21.8 Å². The first kappa shape index (κ1) is 11.8. The van der Waals surface area contributed by atoms with E-state index in [-0.39, 0.29) is 10.9 Å². The number of hydrogen-bond acceptors (Lipinski definition) is 2. The second-order valence-electron chi connectivity index (χ2n) is 2.97. The van der Waals surface area contributed by atoms with Crippen LogP contribution in [0.5, 0.6) is 0 Å². The van der Waals surface area contributed by atoms with Crippen molar-refractivity contribution in [2.24, 2.45) is 0 Å². The van der Waals surface area contributed by atoms with Crippen LogP contribution in [0.25, 0.3) is 5.69 Å². The molecule has 0 amide bonds. The molecule has 84 valence electrons. The van der Waals surface area contributed by atoms with E-state index < -0.39 is 5.82 Å². The molecule has 0 aliphatic heterocycles. The maximum atomic E-state index is 13.1. The third-order valence-electron chi connectivity index (χ3n) is 1.96. The molecule has 0 atom stereocenters. The second kappa shape index (κ2) is 4.69. The number of aromatic nitrogens is 3. The molecule has 0 unspecified atom stereocenters. The smallest absolute Gasteiger partial charge is 0.152 e. The normalized spacial score (nSPS) is 10.8. The SMILES string of the molecule is Fc1cc(Cl)c(-n2cnnc2CCl)c(Br)c1. The Morgan fingerprint density at radius 3 is 2.81 bits per heavy atom. The lowest BCUT2D eigenvalue weighted by Gasteiger charge is -2.09. The van der Waals surface area contributed by atoms with Gasteiger partial charge in [-0.2, -0.15) is 0 Å². The Labute approximate surface area is 109 Å². The summed E-state index contributed by atoms with van der Waals surface area (Å²) in [5.74, 6) is 0.317. The van der Waals surface area contributed by atoms with Gasteiger partial charge in [0, 0.05) is 4.47 Å². The van der Waals surface area contributed by atoms with Gasteiger partial charge in [-0.05, 0) is 28.1 Å². The summed E-state index contributed by atoms with van der Waals surface area (Å²) < 4.78 is 15.2. The first-order chi connectivity index (χ1) is 7.63. The Morgan fingerprint density at radius 1 is 1.44 bits per heavy atom. The highest BCUT2D eigenvalue weighted by Crippen LogP contribution is 2.30. The number of alkyl halides is 1. The molecule has 1 aromatic heterocycles. The van der Waals surface area contributed by atoms with E-state index in [2.05, 4.69) is 26.1 Å². The zero-order chi connectivity index (χ0) is 11.7. The van der Waals surface area contributed by atoms with Gasteiger partial charge >= 0.3 is 0 Å². The fourth-order valence-electron chi connectivity index (χ4n) is 1.30. The standard InChI is InChI=1S/C9H5BrCl2FN3/c10-6-1-5(13)2-7(12)9(6)16-4-14-15-8(16)3-11/h1-2,4H,3H2. The molecule has 0 radical (unpaired) electrons. The molecule has 1 heterocycles. The Bertz CT molecular complexity index is 506. The topological polar surface area (TPSA) is 30.7 Å². The van der Waals surface area contributed by atoms with E-state index in [1.54, 1.807) is 4.57 Å². The fraction of sp³-hybridized carbons (Fsp3) is 0.111. The molecule has 2 rings (SSSR count). The van der Waals surface area contributed by atoms with Gasteiger partial charge in [0.15, 0.2) is 5.82 Å². The summed E-state index contributed by atoms with van der Waals surface area (Å²) in [5, 5.41) is 7.81. The van der Waals surface area contributed by atoms with Gasteiger partial charge in [-0.25, -0.2) is 4.39 Å². The molecule has 0 bridgehead atoms. The molecule has 0 aliphatic carbocycles. The molecule has 2 aromatic rings. The van der Waals surface area contributed by atoms with Crippen molar-refractivity contribution in [1.29, 1.82) is 0 Å². The summed E-state index contributed by atoms with van der Waals surface area (Å²) in [7, 11) is 0. The van der Waals surface area contributed by atoms with Crippen LogP contribution in [0.4, 0.5) is 4.39 Å². The number of rotatable bonds is 2. The highest BCUT2D eigenvalue weighted by molar-refractivity contribution is 9.10. The van der Waals surface area contributed by atoms with Crippen LogP contribution in [-0.4, -0.2) is 14.8 Å². The van der Waals surface area contributed by atoms with Crippen molar-refractivity contribution >= 4 is 39.1 Å². The average molecular weight is 325 g/mol. The van der Waals surface area contributed by atoms with Crippen molar-refractivity contribution in [2.75, 3.05) is 0 Å². The summed E-state index contributed by atoms with van der Waals surface area (Å²) in [6, 6.07) is 2.54. The van der Waals surface area contributed by atoms with E-state index in [9.17, 15) is 4.39 Å². The molecule has 7 heteroatoms. The van der Waals surface area contributed by atoms with Gasteiger partial charge in [0.2, 0.25) is 0 Å². The molecule has 16 heavy (non-hydrogen) atoms. The van der Waals surface area contributed by atoms with E-state index >= 15 is 0 Å². The first-order valence-corrected chi connectivity index (χ1v) is 5.94. The second-order valence-corrected chi connectivity index (χ2v) is 4.50. The van der Waals surface area contributed by atoms with Crippen LogP contribution in [0.15, 0.2) is 22.9 Å². The summed E-state index contributed by atoms with van der Waals surface area (Å²) in [6.07, 6.45) is 1.47. The summed E-state index contributed by atoms with van der Waals surface area (Å²) >= 11 is 14.9. The number of halogens is 4. The number of benzene rings is 1. The van der Waals surface area contributed by atoms with Gasteiger partial charge < -0.3 is 0 Å². The lowest BCUT2D eigenvalue weighted by atomic mass is 10.3. The third kappa shape index (κ3) is 2.07. The van der Waals surface area contributed by atoms with Crippen LogP contribution >= 0.6 is 39.1 Å². The Morgan fingerprint density at radius 2 is 2.19 bits per heavy atom. The number of nitrogens with zero attached hydrogens (tertiary/aromatic N) is 3. The molecular formula is C9H5BrCl2FN3. The Kier molecular flexibility index (Phi) is 3.47. The van der Waals surface area contributed by atoms with E-state index in [0.29, 0.717) is 16.0 Å². The predicted molar refractivity (Wildman–Crippen MR) is 63.6 cm³/mol. The van der Waals surface area contributed by atoms with Crippen molar-refractivity contribution in [3.63, 3.8) is 0 Å². The first-order valence-electron chi connectivity index (χ1n) is 4.23. The largest absolute Gasteiger partial charge is 0.282 e. The van der Waals surface area contributed by atoms with E-state index in [4.69, 9.17) is 23.2 Å². The molecular weight excluding hydrogens is 320 g/mol. The van der Waals surface area contributed by atoms with Crippen LogP contribution in [0.1, 0.15) is 5.82 Å². The minimum absolute atomic E-state index is 0.195. The summed E-state index contributed by atoms with van der Waals surface area (Å²) in [4.78, 5) is 0. The van der Waals surface area contributed by atoms with Crippen molar-refractivity contribution < 1.29 is 4.39 Å². The van der Waals surface area contributed by atoms with Crippen LogP contribution in [0, 0.1) is 5.82 Å². The van der Waals surface area contributed by atoms with Crippen molar-refractivity contribution in [3.8, 4) is 5.69 Å². The third-order valence-corrected chi connectivity index (χ3v) is 3.09. The van der Waals surface area contributed by atoms with Gasteiger partial charge in [-0.1, -0.05) is 11.6 Å². The summed E-state index contributed by atoms with van der Waals surface area (Å²) in [5.41, 5.74) is 0.573. The maximum absolute atomic E-state index is 13.1. The average Bonchev–Trinajstić information content (AvgIpc) is 2.64. The predicted octanol–water partition coefficient (Wildman–Crippen LogP) is 3.56. The fourth-order valence-corrected chi connectivity index (χ4v) is 2.52. The lowest BCUT2D eigenvalue weighted by Crippen LogP contribution is -2.00. The molecule has 0 N–H and O–H groups in total.